The summed E-state index contributed by atoms with van der Waals surface area (Å²) in [6.45, 7) is 2.15. The molecule has 2 heterocycles. The van der Waals surface area contributed by atoms with E-state index in [1.807, 2.05) is 36.8 Å². The molecule has 4 nitrogen and oxygen atoms in total. The number of piperidine rings is 1. The zero-order chi connectivity index (χ0) is 13.1. The topological polar surface area (TPSA) is 53.6 Å². The standard InChI is InChI=1S/C15H16N4/c16-9-12-1-3-14(4-2-12)19-11-18-10-15(19)13-5-7-17-8-6-13/h1-4,10-11,13,17H,5-8H2. The molecule has 0 aliphatic carbocycles. The molecule has 4 heteroatoms. The van der Waals surface area contributed by atoms with Crippen molar-refractivity contribution < 1.29 is 0 Å². The normalized spacial score (nSPS) is 16.2. The van der Waals surface area contributed by atoms with Crippen LogP contribution in [0.4, 0.5) is 0 Å². The van der Waals surface area contributed by atoms with Crippen LogP contribution in [-0.2, 0) is 0 Å². The fourth-order valence-electron chi connectivity index (χ4n) is 2.64. The quantitative estimate of drug-likeness (QED) is 0.891. The number of rotatable bonds is 2. The summed E-state index contributed by atoms with van der Waals surface area (Å²) in [5, 5.41) is 12.2. The Balaban J connectivity index is 1.92. The predicted molar refractivity (Wildman–Crippen MR) is 73.1 cm³/mol. The maximum atomic E-state index is 8.84. The molecule has 1 saturated heterocycles. The lowest BCUT2D eigenvalue weighted by Gasteiger charge is -2.23. The van der Waals surface area contributed by atoms with E-state index in [-0.39, 0.29) is 0 Å². The molecule has 0 saturated carbocycles. The van der Waals surface area contributed by atoms with E-state index in [2.05, 4.69) is 20.9 Å². The second-order valence-electron chi connectivity index (χ2n) is 4.87. The molecule has 2 aromatic rings. The van der Waals surface area contributed by atoms with Gasteiger partial charge in [0, 0.05) is 23.5 Å². The van der Waals surface area contributed by atoms with Gasteiger partial charge in [-0.05, 0) is 50.2 Å². The number of nitrogens with zero attached hydrogens (tertiary/aromatic N) is 3. The van der Waals surface area contributed by atoms with E-state index in [4.69, 9.17) is 5.26 Å². The summed E-state index contributed by atoms with van der Waals surface area (Å²) in [7, 11) is 0. The fraction of sp³-hybridized carbons (Fsp3) is 0.333. The van der Waals surface area contributed by atoms with Gasteiger partial charge in [-0.1, -0.05) is 0 Å². The number of nitriles is 1. The van der Waals surface area contributed by atoms with Crippen molar-refractivity contribution in [3.8, 4) is 11.8 Å². The van der Waals surface area contributed by atoms with E-state index >= 15 is 0 Å². The van der Waals surface area contributed by atoms with Crippen molar-refractivity contribution in [2.45, 2.75) is 18.8 Å². The number of aromatic nitrogens is 2. The lowest BCUT2D eigenvalue weighted by molar-refractivity contribution is 0.449. The van der Waals surface area contributed by atoms with Gasteiger partial charge in [0.25, 0.3) is 0 Å². The van der Waals surface area contributed by atoms with Crippen LogP contribution in [0, 0.1) is 11.3 Å². The van der Waals surface area contributed by atoms with Gasteiger partial charge in [-0.2, -0.15) is 5.26 Å². The highest BCUT2D eigenvalue weighted by atomic mass is 15.1. The molecule has 1 fully saturated rings. The molecule has 1 aliphatic rings. The third-order valence-electron chi connectivity index (χ3n) is 3.70. The number of imidazole rings is 1. The van der Waals surface area contributed by atoms with Crippen LogP contribution in [0.15, 0.2) is 36.8 Å². The highest BCUT2D eigenvalue weighted by Gasteiger charge is 2.19. The zero-order valence-corrected chi connectivity index (χ0v) is 10.7. The first kappa shape index (κ1) is 11.9. The van der Waals surface area contributed by atoms with Crippen LogP contribution in [0.5, 0.6) is 0 Å². The van der Waals surface area contributed by atoms with Gasteiger partial charge >= 0.3 is 0 Å². The summed E-state index contributed by atoms with van der Waals surface area (Å²) in [4.78, 5) is 4.29. The van der Waals surface area contributed by atoms with Crippen LogP contribution in [0.3, 0.4) is 0 Å². The summed E-state index contributed by atoms with van der Waals surface area (Å²) in [5.74, 6) is 0.569. The smallest absolute Gasteiger partial charge is 0.0994 e. The van der Waals surface area contributed by atoms with Gasteiger partial charge in [0.15, 0.2) is 0 Å². The SMILES string of the molecule is N#Cc1ccc(-n2cncc2C2CCNCC2)cc1. The molecular weight excluding hydrogens is 236 g/mol. The molecule has 19 heavy (non-hydrogen) atoms. The average molecular weight is 252 g/mol. The first-order valence-corrected chi connectivity index (χ1v) is 6.62. The van der Waals surface area contributed by atoms with Gasteiger partial charge in [0.1, 0.15) is 0 Å². The van der Waals surface area contributed by atoms with Crippen LogP contribution >= 0.6 is 0 Å². The van der Waals surface area contributed by atoms with Crippen LogP contribution in [0.1, 0.15) is 30.0 Å². The Kier molecular flexibility index (Phi) is 3.30. The molecule has 1 aromatic heterocycles. The molecule has 1 N–H and O–H groups in total. The minimum atomic E-state index is 0.569. The lowest BCUT2D eigenvalue weighted by atomic mass is 9.95. The van der Waals surface area contributed by atoms with Crippen LogP contribution in [0.2, 0.25) is 0 Å². The Hall–Kier alpha value is -2.12. The molecule has 0 atom stereocenters. The molecule has 96 valence electrons. The maximum Gasteiger partial charge on any atom is 0.0994 e. The summed E-state index contributed by atoms with van der Waals surface area (Å²) >= 11 is 0. The van der Waals surface area contributed by atoms with E-state index in [1.165, 1.54) is 5.69 Å². The second kappa shape index (κ2) is 5.25. The molecule has 0 amide bonds. The van der Waals surface area contributed by atoms with Crippen molar-refractivity contribution in [3.63, 3.8) is 0 Å². The van der Waals surface area contributed by atoms with Crippen LogP contribution in [0.25, 0.3) is 5.69 Å². The van der Waals surface area contributed by atoms with Crippen molar-refractivity contribution >= 4 is 0 Å². The van der Waals surface area contributed by atoms with Gasteiger partial charge in [0.05, 0.1) is 18.0 Å². The molecule has 0 radical (unpaired) electrons. The number of hydrogen-bond donors (Lipinski definition) is 1. The van der Waals surface area contributed by atoms with E-state index < -0.39 is 0 Å². The molecule has 0 unspecified atom stereocenters. The van der Waals surface area contributed by atoms with Gasteiger partial charge < -0.3 is 9.88 Å². The minimum absolute atomic E-state index is 0.569. The number of benzene rings is 1. The average Bonchev–Trinajstić information content (AvgIpc) is 2.98. The molecule has 0 bridgehead atoms. The van der Waals surface area contributed by atoms with Gasteiger partial charge in [-0.3, -0.25) is 0 Å². The highest BCUT2D eigenvalue weighted by molar-refractivity contribution is 5.40. The first-order valence-electron chi connectivity index (χ1n) is 6.62. The molecular formula is C15H16N4. The Morgan fingerprint density at radius 1 is 1.21 bits per heavy atom. The van der Waals surface area contributed by atoms with Crippen molar-refractivity contribution in [3.05, 3.63) is 48.0 Å². The van der Waals surface area contributed by atoms with E-state index in [0.29, 0.717) is 11.5 Å². The van der Waals surface area contributed by atoms with Crippen LogP contribution in [-0.4, -0.2) is 22.6 Å². The van der Waals surface area contributed by atoms with Crippen LogP contribution < -0.4 is 5.32 Å². The largest absolute Gasteiger partial charge is 0.317 e. The molecule has 0 spiro atoms. The number of hydrogen-bond acceptors (Lipinski definition) is 3. The first-order chi connectivity index (χ1) is 9.38. The minimum Gasteiger partial charge on any atom is -0.317 e. The lowest BCUT2D eigenvalue weighted by Crippen LogP contribution is -2.27. The Labute approximate surface area is 112 Å². The Morgan fingerprint density at radius 2 is 1.95 bits per heavy atom. The van der Waals surface area contributed by atoms with Gasteiger partial charge in [0.2, 0.25) is 0 Å². The summed E-state index contributed by atoms with van der Waals surface area (Å²) in [6.07, 6.45) is 6.14. The van der Waals surface area contributed by atoms with E-state index in [0.717, 1.165) is 31.6 Å². The Bertz CT molecular complexity index is 585. The van der Waals surface area contributed by atoms with E-state index in [9.17, 15) is 0 Å². The maximum absolute atomic E-state index is 8.84. The van der Waals surface area contributed by atoms with Gasteiger partial charge in [-0.25, -0.2) is 4.98 Å². The Morgan fingerprint density at radius 3 is 2.63 bits per heavy atom. The molecule has 1 aliphatic heterocycles. The molecule has 1 aromatic carbocycles. The van der Waals surface area contributed by atoms with Gasteiger partial charge in [-0.15, -0.1) is 0 Å². The third kappa shape index (κ3) is 2.38. The van der Waals surface area contributed by atoms with E-state index in [1.54, 1.807) is 0 Å². The van der Waals surface area contributed by atoms with Crippen molar-refractivity contribution in [2.24, 2.45) is 0 Å². The third-order valence-corrected chi connectivity index (χ3v) is 3.70. The monoisotopic (exact) mass is 252 g/mol. The van der Waals surface area contributed by atoms with Crippen molar-refractivity contribution in [2.75, 3.05) is 13.1 Å². The summed E-state index contributed by atoms with van der Waals surface area (Å²) < 4.78 is 2.14. The summed E-state index contributed by atoms with van der Waals surface area (Å²) in [6, 6.07) is 9.80. The van der Waals surface area contributed by atoms with Crippen molar-refractivity contribution in [1.82, 2.24) is 14.9 Å². The second-order valence-corrected chi connectivity index (χ2v) is 4.87. The van der Waals surface area contributed by atoms with Crippen molar-refractivity contribution in [1.29, 1.82) is 5.26 Å². The fourth-order valence-corrected chi connectivity index (χ4v) is 2.64. The summed E-state index contributed by atoms with van der Waals surface area (Å²) in [5.41, 5.74) is 3.03. The zero-order valence-electron chi connectivity index (χ0n) is 10.7. The highest BCUT2D eigenvalue weighted by Crippen LogP contribution is 2.26. The predicted octanol–water partition coefficient (Wildman–Crippen LogP) is 2.21. The molecule has 3 rings (SSSR count). The number of nitrogens with one attached hydrogen (secondary N) is 1.